The molecule has 3 unspecified atom stereocenters. The van der Waals surface area contributed by atoms with Crippen LogP contribution in [0.3, 0.4) is 0 Å². The summed E-state index contributed by atoms with van der Waals surface area (Å²) in [6.45, 7) is 2.12. The maximum Gasteiger partial charge on any atom is 0.0990 e. The lowest BCUT2D eigenvalue weighted by Gasteiger charge is -2.28. The normalized spacial score (nSPS) is 28.1. The van der Waals surface area contributed by atoms with Gasteiger partial charge in [0.05, 0.1) is 17.6 Å². The highest BCUT2D eigenvalue weighted by molar-refractivity contribution is 6.35. The van der Waals surface area contributed by atoms with Crippen LogP contribution in [0.1, 0.15) is 44.3 Å². The molecule has 1 saturated carbocycles. The molecule has 1 aromatic carbocycles. The third kappa shape index (κ3) is 2.74. The topological polar surface area (TPSA) is 44.0 Å². The van der Waals surface area contributed by atoms with Gasteiger partial charge in [-0.15, -0.1) is 0 Å². The highest BCUT2D eigenvalue weighted by Crippen LogP contribution is 2.51. The Morgan fingerprint density at radius 3 is 2.79 bits per heavy atom. The van der Waals surface area contributed by atoms with Crippen LogP contribution in [0.4, 0.5) is 0 Å². The third-order valence-corrected chi connectivity index (χ3v) is 4.79. The molecule has 1 aromatic rings. The predicted molar refractivity (Wildman–Crippen MR) is 77.1 cm³/mol. The Balaban J connectivity index is 2.32. The molecule has 0 radical (unpaired) electrons. The number of hydrogen-bond donors (Lipinski definition) is 1. The van der Waals surface area contributed by atoms with Gasteiger partial charge in [-0.25, -0.2) is 0 Å². The molecule has 1 N–H and O–H groups in total. The van der Waals surface area contributed by atoms with Crippen molar-refractivity contribution in [1.82, 2.24) is 0 Å². The monoisotopic (exact) mass is 297 g/mol. The van der Waals surface area contributed by atoms with Crippen molar-refractivity contribution in [2.45, 2.75) is 38.7 Å². The first kappa shape index (κ1) is 14.7. The van der Waals surface area contributed by atoms with Crippen LogP contribution in [0.2, 0.25) is 10.0 Å². The lowest BCUT2D eigenvalue weighted by molar-refractivity contribution is 0.0642. The second kappa shape index (κ2) is 5.71. The van der Waals surface area contributed by atoms with Crippen molar-refractivity contribution in [1.29, 1.82) is 5.26 Å². The molecular formula is C15H17Cl2NO. The van der Waals surface area contributed by atoms with Crippen molar-refractivity contribution in [3.05, 3.63) is 33.8 Å². The van der Waals surface area contributed by atoms with Crippen molar-refractivity contribution in [2.75, 3.05) is 0 Å². The molecule has 0 saturated heterocycles. The summed E-state index contributed by atoms with van der Waals surface area (Å²) >= 11 is 12.0. The van der Waals surface area contributed by atoms with Gasteiger partial charge in [-0.3, -0.25) is 0 Å². The fourth-order valence-corrected chi connectivity index (χ4v) is 3.47. The minimum Gasteiger partial charge on any atom is -0.387 e. The summed E-state index contributed by atoms with van der Waals surface area (Å²) in [5.41, 5.74) is -0.109. The first-order chi connectivity index (χ1) is 9.02. The second-order valence-corrected chi connectivity index (χ2v) is 6.20. The van der Waals surface area contributed by atoms with Gasteiger partial charge < -0.3 is 5.11 Å². The molecule has 2 rings (SSSR count). The molecule has 2 nitrogen and oxygen atoms in total. The Morgan fingerprint density at radius 2 is 2.26 bits per heavy atom. The average Bonchev–Trinajstić information content (AvgIpc) is 2.83. The summed E-state index contributed by atoms with van der Waals surface area (Å²) in [4.78, 5) is 0. The summed E-state index contributed by atoms with van der Waals surface area (Å²) < 4.78 is 0. The minimum absolute atomic E-state index is 0.426. The van der Waals surface area contributed by atoms with Crippen molar-refractivity contribution < 1.29 is 5.11 Å². The molecule has 0 spiro atoms. The molecule has 1 fully saturated rings. The third-order valence-electron chi connectivity index (χ3n) is 4.23. The molecule has 1 aliphatic carbocycles. The molecule has 0 aromatic heterocycles. The standard InChI is InChI=1S/C15H17Cl2NO/c1-2-10-5-6-15(8-10,9-18)14(19)12-4-3-11(16)7-13(12)17/h3-4,7,10,14,19H,2,5-6,8H2,1H3. The Bertz CT molecular complexity index is 511. The highest BCUT2D eigenvalue weighted by atomic mass is 35.5. The van der Waals surface area contributed by atoms with E-state index in [1.54, 1.807) is 18.2 Å². The molecular weight excluding hydrogens is 281 g/mol. The zero-order valence-electron chi connectivity index (χ0n) is 10.9. The van der Waals surface area contributed by atoms with Gasteiger partial charge in [-0.2, -0.15) is 5.26 Å². The predicted octanol–water partition coefficient (Wildman–Crippen LogP) is 4.75. The zero-order valence-corrected chi connectivity index (χ0v) is 12.4. The van der Waals surface area contributed by atoms with Gasteiger partial charge in [0.2, 0.25) is 0 Å². The summed E-state index contributed by atoms with van der Waals surface area (Å²) in [6.07, 6.45) is 2.65. The molecule has 19 heavy (non-hydrogen) atoms. The molecule has 0 heterocycles. The minimum atomic E-state index is -0.848. The number of benzene rings is 1. The number of hydrogen-bond acceptors (Lipinski definition) is 2. The van der Waals surface area contributed by atoms with Gasteiger partial charge >= 0.3 is 0 Å². The van der Waals surface area contributed by atoms with Gasteiger partial charge in [0.25, 0.3) is 0 Å². The van der Waals surface area contributed by atoms with E-state index >= 15 is 0 Å². The molecule has 0 amide bonds. The number of nitrogens with zero attached hydrogens (tertiary/aromatic N) is 1. The molecule has 4 heteroatoms. The van der Waals surface area contributed by atoms with Crippen molar-refractivity contribution in [2.24, 2.45) is 11.3 Å². The number of rotatable bonds is 3. The van der Waals surface area contributed by atoms with Gasteiger partial charge in [-0.05, 0) is 37.3 Å². The van der Waals surface area contributed by atoms with Gasteiger partial charge in [0.15, 0.2) is 0 Å². The van der Waals surface area contributed by atoms with Crippen LogP contribution >= 0.6 is 23.2 Å². The second-order valence-electron chi connectivity index (χ2n) is 5.35. The molecule has 3 atom stereocenters. The summed E-state index contributed by atoms with van der Waals surface area (Å²) in [7, 11) is 0. The fourth-order valence-electron chi connectivity index (χ4n) is 2.96. The maximum absolute atomic E-state index is 10.6. The van der Waals surface area contributed by atoms with Gasteiger partial charge in [-0.1, -0.05) is 42.6 Å². The van der Waals surface area contributed by atoms with E-state index in [2.05, 4.69) is 13.0 Å². The molecule has 1 aliphatic rings. The summed E-state index contributed by atoms with van der Waals surface area (Å²) in [5, 5.41) is 21.1. The van der Waals surface area contributed by atoms with Crippen molar-refractivity contribution in [3.63, 3.8) is 0 Å². The smallest absolute Gasteiger partial charge is 0.0990 e. The van der Waals surface area contributed by atoms with Crippen molar-refractivity contribution in [3.8, 4) is 6.07 Å². The number of aliphatic hydroxyl groups excluding tert-OH is 1. The fraction of sp³-hybridized carbons (Fsp3) is 0.533. The van der Waals surface area contributed by atoms with E-state index in [4.69, 9.17) is 23.2 Å². The Labute approximate surface area is 124 Å². The largest absolute Gasteiger partial charge is 0.387 e. The van der Waals surface area contributed by atoms with E-state index in [1.165, 1.54) is 0 Å². The molecule has 0 bridgehead atoms. The first-order valence-corrected chi connectivity index (χ1v) is 7.32. The summed E-state index contributed by atoms with van der Waals surface area (Å²) in [6, 6.07) is 7.36. The van der Waals surface area contributed by atoms with Gasteiger partial charge in [0, 0.05) is 15.6 Å². The van der Waals surface area contributed by atoms with E-state index < -0.39 is 11.5 Å². The van der Waals surface area contributed by atoms with Crippen molar-refractivity contribution >= 4 is 23.2 Å². The lowest BCUT2D eigenvalue weighted by Crippen LogP contribution is -2.25. The van der Waals surface area contributed by atoms with Crippen LogP contribution in [0, 0.1) is 22.7 Å². The highest BCUT2D eigenvalue weighted by Gasteiger charge is 2.45. The SMILES string of the molecule is CCC1CCC(C#N)(C(O)c2ccc(Cl)cc2Cl)C1. The molecule has 0 aliphatic heterocycles. The number of aliphatic hydroxyl groups is 1. The van der Waals surface area contributed by atoms with Crippen LogP contribution in [0.5, 0.6) is 0 Å². The van der Waals surface area contributed by atoms with E-state index in [9.17, 15) is 10.4 Å². The Hall–Kier alpha value is -0.750. The van der Waals surface area contributed by atoms with Crippen LogP contribution < -0.4 is 0 Å². The van der Waals surface area contributed by atoms with Crippen LogP contribution in [0.25, 0.3) is 0 Å². The van der Waals surface area contributed by atoms with Gasteiger partial charge in [0.1, 0.15) is 0 Å². The van der Waals surface area contributed by atoms with Crippen LogP contribution in [0.15, 0.2) is 18.2 Å². The van der Waals surface area contributed by atoms with Crippen LogP contribution in [-0.2, 0) is 0 Å². The first-order valence-electron chi connectivity index (χ1n) is 6.56. The average molecular weight is 298 g/mol. The van der Waals surface area contributed by atoms with E-state index in [0.717, 1.165) is 25.7 Å². The lowest BCUT2D eigenvalue weighted by atomic mass is 9.78. The van der Waals surface area contributed by atoms with E-state index in [-0.39, 0.29) is 0 Å². The Morgan fingerprint density at radius 1 is 1.53 bits per heavy atom. The Kier molecular flexibility index (Phi) is 4.40. The maximum atomic E-state index is 10.6. The molecule has 102 valence electrons. The van der Waals surface area contributed by atoms with E-state index in [1.807, 2.05) is 0 Å². The van der Waals surface area contributed by atoms with E-state index in [0.29, 0.717) is 21.5 Å². The van der Waals surface area contributed by atoms with Crippen LogP contribution in [-0.4, -0.2) is 5.11 Å². The number of nitriles is 1. The summed E-state index contributed by atoms with van der Waals surface area (Å²) in [5.74, 6) is 0.514. The number of halogens is 2. The zero-order chi connectivity index (χ0) is 14.0. The quantitative estimate of drug-likeness (QED) is 0.875.